The van der Waals surface area contributed by atoms with Crippen LogP contribution in [-0.4, -0.2) is 23.6 Å². The van der Waals surface area contributed by atoms with E-state index in [0.29, 0.717) is 12.6 Å². The molecule has 19 heavy (non-hydrogen) atoms. The Morgan fingerprint density at radius 3 is 2.53 bits per heavy atom. The van der Waals surface area contributed by atoms with Gasteiger partial charge >= 0.3 is 0 Å². The lowest BCUT2D eigenvalue weighted by molar-refractivity contribution is 0.109. The summed E-state index contributed by atoms with van der Waals surface area (Å²) >= 11 is 1.74. The number of nitrogen functional groups attached to an aromatic ring is 1. The van der Waals surface area contributed by atoms with Crippen LogP contribution in [0.15, 0.2) is 41.8 Å². The number of benzene rings is 1. The highest BCUT2D eigenvalue weighted by Gasteiger charge is 2.17. The summed E-state index contributed by atoms with van der Waals surface area (Å²) in [6, 6.07) is 11.9. The van der Waals surface area contributed by atoms with Gasteiger partial charge in [-0.2, -0.15) is 0 Å². The Hall–Kier alpha value is -1.36. The highest BCUT2D eigenvalue weighted by Crippen LogP contribution is 2.25. The minimum Gasteiger partial charge on any atom is -0.399 e. The molecule has 0 amide bonds. The zero-order valence-electron chi connectivity index (χ0n) is 11.3. The molecule has 4 heteroatoms. The first-order valence-electron chi connectivity index (χ1n) is 6.35. The van der Waals surface area contributed by atoms with E-state index in [2.05, 4.69) is 29.3 Å². The predicted molar refractivity (Wildman–Crippen MR) is 81.2 cm³/mol. The molecule has 3 N–H and O–H groups in total. The molecule has 0 radical (unpaired) electrons. The first-order valence-corrected chi connectivity index (χ1v) is 7.23. The monoisotopic (exact) mass is 276 g/mol. The minimum atomic E-state index is -0.493. The Morgan fingerprint density at radius 2 is 1.95 bits per heavy atom. The number of rotatable bonds is 5. The van der Waals surface area contributed by atoms with Gasteiger partial charge in [-0.1, -0.05) is 18.2 Å². The third-order valence-corrected chi connectivity index (χ3v) is 4.44. The number of hydrogen-bond donors (Lipinski definition) is 2. The molecule has 102 valence electrons. The van der Waals surface area contributed by atoms with Gasteiger partial charge in [-0.25, -0.2) is 0 Å². The summed E-state index contributed by atoms with van der Waals surface area (Å²) in [6.45, 7) is 2.75. The fourth-order valence-electron chi connectivity index (χ4n) is 2.00. The zero-order chi connectivity index (χ0) is 13.8. The summed E-state index contributed by atoms with van der Waals surface area (Å²) in [5.74, 6) is 0. The van der Waals surface area contributed by atoms with Crippen LogP contribution in [0.1, 0.15) is 29.5 Å². The van der Waals surface area contributed by atoms with E-state index in [1.807, 2.05) is 31.3 Å². The van der Waals surface area contributed by atoms with Crippen molar-refractivity contribution < 1.29 is 5.11 Å². The van der Waals surface area contributed by atoms with Crippen LogP contribution in [0.5, 0.6) is 0 Å². The maximum absolute atomic E-state index is 10.2. The van der Waals surface area contributed by atoms with Crippen molar-refractivity contribution in [2.75, 3.05) is 19.3 Å². The Bertz CT molecular complexity index is 495. The van der Waals surface area contributed by atoms with Crippen LogP contribution in [0.4, 0.5) is 5.69 Å². The second-order valence-electron chi connectivity index (χ2n) is 4.81. The fourth-order valence-corrected chi connectivity index (χ4v) is 2.85. The first kappa shape index (κ1) is 14.1. The number of likely N-dealkylation sites (N-methyl/N-ethyl adjacent to an activating group) is 1. The number of hydrogen-bond acceptors (Lipinski definition) is 4. The summed E-state index contributed by atoms with van der Waals surface area (Å²) in [5, 5.41) is 12.3. The second-order valence-corrected chi connectivity index (χ2v) is 5.79. The van der Waals surface area contributed by atoms with E-state index in [4.69, 9.17) is 5.73 Å². The quantitative estimate of drug-likeness (QED) is 0.825. The van der Waals surface area contributed by atoms with E-state index in [9.17, 15) is 5.11 Å². The van der Waals surface area contributed by atoms with Gasteiger partial charge < -0.3 is 10.8 Å². The van der Waals surface area contributed by atoms with Gasteiger partial charge in [0.2, 0.25) is 0 Å². The highest BCUT2D eigenvalue weighted by molar-refractivity contribution is 7.10. The Morgan fingerprint density at radius 1 is 1.26 bits per heavy atom. The van der Waals surface area contributed by atoms with Crippen molar-refractivity contribution in [3.63, 3.8) is 0 Å². The molecule has 2 unspecified atom stereocenters. The average molecular weight is 276 g/mol. The molecule has 0 fully saturated rings. The zero-order valence-corrected chi connectivity index (χ0v) is 12.1. The van der Waals surface area contributed by atoms with E-state index >= 15 is 0 Å². The normalized spacial score (nSPS) is 14.5. The molecule has 2 rings (SSSR count). The molecule has 1 aromatic heterocycles. The van der Waals surface area contributed by atoms with Gasteiger partial charge in [-0.3, -0.25) is 4.90 Å². The lowest BCUT2D eigenvalue weighted by atomic mass is 10.1. The summed E-state index contributed by atoms with van der Waals surface area (Å²) < 4.78 is 0. The molecular formula is C15H20N2OS. The van der Waals surface area contributed by atoms with Crippen LogP contribution in [0.2, 0.25) is 0 Å². The molecule has 2 atom stereocenters. The number of aliphatic hydroxyl groups excluding tert-OH is 1. The van der Waals surface area contributed by atoms with E-state index in [0.717, 1.165) is 11.3 Å². The Balaban J connectivity index is 1.98. The number of thiophene rings is 1. The van der Waals surface area contributed by atoms with E-state index in [1.165, 1.54) is 4.88 Å². The summed E-state index contributed by atoms with van der Waals surface area (Å²) in [5.41, 5.74) is 7.27. The molecule has 0 aliphatic carbocycles. The van der Waals surface area contributed by atoms with Crippen LogP contribution in [0, 0.1) is 0 Å². The molecule has 0 aliphatic rings. The van der Waals surface area contributed by atoms with Gasteiger partial charge in [0, 0.05) is 23.2 Å². The molecule has 1 aromatic carbocycles. The average Bonchev–Trinajstić information content (AvgIpc) is 2.92. The Kier molecular flexibility index (Phi) is 4.58. The molecule has 0 spiro atoms. The highest BCUT2D eigenvalue weighted by atomic mass is 32.1. The third-order valence-electron chi connectivity index (χ3n) is 3.40. The number of aliphatic hydroxyl groups is 1. The van der Waals surface area contributed by atoms with E-state index < -0.39 is 6.10 Å². The minimum absolute atomic E-state index is 0.309. The van der Waals surface area contributed by atoms with Crippen molar-refractivity contribution in [2.45, 2.75) is 19.1 Å². The van der Waals surface area contributed by atoms with Gasteiger partial charge in [0.25, 0.3) is 0 Å². The van der Waals surface area contributed by atoms with Crippen molar-refractivity contribution in [2.24, 2.45) is 0 Å². The summed E-state index contributed by atoms with van der Waals surface area (Å²) in [6.07, 6.45) is -0.493. The summed E-state index contributed by atoms with van der Waals surface area (Å²) in [7, 11) is 2.03. The number of nitrogens with zero attached hydrogens (tertiary/aromatic N) is 1. The van der Waals surface area contributed by atoms with Gasteiger partial charge in [-0.15, -0.1) is 11.3 Å². The van der Waals surface area contributed by atoms with Crippen molar-refractivity contribution in [3.8, 4) is 0 Å². The number of nitrogens with two attached hydrogens (primary N) is 1. The van der Waals surface area contributed by atoms with Crippen LogP contribution >= 0.6 is 11.3 Å². The van der Waals surface area contributed by atoms with E-state index in [1.54, 1.807) is 11.3 Å². The van der Waals surface area contributed by atoms with Crippen LogP contribution in [0.25, 0.3) is 0 Å². The van der Waals surface area contributed by atoms with Crippen molar-refractivity contribution in [1.82, 2.24) is 4.90 Å². The molecule has 0 saturated carbocycles. The van der Waals surface area contributed by atoms with E-state index in [-0.39, 0.29) is 0 Å². The molecule has 0 bridgehead atoms. The molecular weight excluding hydrogens is 256 g/mol. The smallest absolute Gasteiger partial charge is 0.0917 e. The fraction of sp³-hybridized carbons (Fsp3) is 0.333. The molecule has 0 aliphatic heterocycles. The van der Waals surface area contributed by atoms with Gasteiger partial charge in [0.05, 0.1) is 6.10 Å². The molecule has 2 aromatic rings. The lowest BCUT2D eigenvalue weighted by Crippen LogP contribution is -2.27. The third kappa shape index (κ3) is 3.56. The van der Waals surface area contributed by atoms with Gasteiger partial charge in [0.1, 0.15) is 0 Å². The second kappa shape index (κ2) is 6.19. The molecule has 0 saturated heterocycles. The maximum Gasteiger partial charge on any atom is 0.0917 e. The standard InChI is InChI=1S/C15H20N2OS/c1-11(15-4-3-9-19-15)17(2)10-14(18)12-5-7-13(16)8-6-12/h3-9,11,14,18H,10,16H2,1-2H3. The van der Waals surface area contributed by atoms with Crippen LogP contribution < -0.4 is 5.73 Å². The van der Waals surface area contributed by atoms with Gasteiger partial charge in [0.15, 0.2) is 0 Å². The van der Waals surface area contributed by atoms with Gasteiger partial charge in [-0.05, 0) is 43.1 Å². The molecule has 3 nitrogen and oxygen atoms in total. The van der Waals surface area contributed by atoms with Crippen molar-refractivity contribution >= 4 is 17.0 Å². The van der Waals surface area contributed by atoms with Crippen LogP contribution in [0.3, 0.4) is 0 Å². The lowest BCUT2D eigenvalue weighted by Gasteiger charge is -2.26. The summed E-state index contributed by atoms with van der Waals surface area (Å²) in [4.78, 5) is 3.47. The topological polar surface area (TPSA) is 49.5 Å². The molecule has 1 heterocycles. The number of anilines is 1. The largest absolute Gasteiger partial charge is 0.399 e. The maximum atomic E-state index is 10.2. The Labute approximate surface area is 118 Å². The van der Waals surface area contributed by atoms with Crippen molar-refractivity contribution in [1.29, 1.82) is 0 Å². The van der Waals surface area contributed by atoms with Crippen molar-refractivity contribution in [3.05, 3.63) is 52.2 Å². The predicted octanol–water partition coefficient (Wildman–Crippen LogP) is 3.06. The SMILES string of the molecule is CC(c1cccs1)N(C)CC(O)c1ccc(N)cc1. The van der Waals surface area contributed by atoms with Crippen LogP contribution in [-0.2, 0) is 0 Å². The first-order chi connectivity index (χ1) is 9.08.